The molecule has 0 fully saturated rings. The molecule has 2 N–H and O–H groups in total. The standard InChI is InChI=1S/C11H15Br2NO/c1-7(2)14-6-11(15)8-3-9(12)5-10(13)4-8/h3-5,7,11,14-15H,6H2,1-2H3. The van der Waals surface area contributed by atoms with Crippen molar-refractivity contribution >= 4 is 31.9 Å². The molecule has 0 heterocycles. The monoisotopic (exact) mass is 335 g/mol. The highest BCUT2D eigenvalue weighted by Crippen LogP contribution is 2.23. The molecule has 2 nitrogen and oxygen atoms in total. The number of halogens is 2. The van der Waals surface area contributed by atoms with Crippen molar-refractivity contribution in [1.82, 2.24) is 5.32 Å². The largest absolute Gasteiger partial charge is 0.387 e. The van der Waals surface area contributed by atoms with E-state index in [2.05, 4.69) is 51.0 Å². The zero-order valence-corrected chi connectivity index (χ0v) is 12.0. The minimum Gasteiger partial charge on any atom is -0.387 e. The lowest BCUT2D eigenvalue weighted by Crippen LogP contribution is -2.27. The summed E-state index contributed by atoms with van der Waals surface area (Å²) in [7, 11) is 0. The lowest BCUT2D eigenvalue weighted by Gasteiger charge is -2.15. The van der Waals surface area contributed by atoms with E-state index in [4.69, 9.17) is 0 Å². The molecule has 1 atom stereocenters. The molecule has 0 amide bonds. The van der Waals surface area contributed by atoms with Crippen LogP contribution in [0.1, 0.15) is 25.5 Å². The summed E-state index contributed by atoms with van der Waals surface area (Å²) in [6, 6.07) is 6.19. The molecule has 1 rings (SSSR count). The van der Waals surface area contributed by atoms with Gasteiger partial charge in [-0.05, 0) is 23.8 Å². The maximum absolute atomic E-state index is 9.91. The van der Waals surface area contributed by atoms with Crippen LogP contribution in [0.3, 0.4) is 0 Å². The van der Waals surface area contributed by atoms with Gasteiger partial charge in [0.1, 0.15) is 0 Å². The van der Waals surface area contributed by atoms with E-state index in [-0.39, 0.29) is 0 Å². The molecular formula is C11H15Br2NO. The van der Waals surface area contributed by atoms with Crippen LogP contribution in [0, 0.1) is 0 Å². The molecule has 0 aromatic heterocycles. The van der Waals surface area contributed by atoms with Crippen LogP contribution < -0.4 is 5.32 Å². The molecule has 0 saturated heterocycles. The van der Waals surface area contributed by atoms with Gasteiger partial charge in [0.05, 0.1) is 6.10 Å². The molecule has 1 aromatic rings. The van der Waals surface area contributed by atoms with Gasteiger partial charge in [0.15, 0.2) is 0 Å². The van der Waals surface area contributed by atoms with Gasteiger partial charge in [0.2, 0.25) is 0 Å². The third kappa shape index (κ3) is 4.64. The van der Waals surface area contributed by atoms with E-state index in [9.17, 15) is 5.11 Å². The van der Waals surface area contributed by atoms with Crippen LogP contribution in [0.15, 0.2) is 27.1 Å². The summed E-state index contributed by atoms with van der Waals surface area (Å²) >= 11 is 6.80. The van der Waals surface area contributed by atoms with Crippen molar-refractivity contribution in [2.24, 2.45) is 0 Å². The second kappa shape index (κ2) is 5.99. The Kier molecular flexibility index (Phi) is 5.26. The maximum Gasteiger partial charge on any atom is 0.0915 e. The van der Waals surface area contributed by atoms with E-state index < -0.39 is 6.10 Å². The average Bonchev–Trinajstić information content (AvgIpc) is 2.12. The molecule has 0 aliphatic rings. The summed E-state index contributed by atoms with van der Waals surface area (Å²) in [5.41, 5.74) is 0.907. The maximum atomic E-state index is 9.91. The van der Waals surface area contributed by atoms with E-state index >= 15 is 0 Å². The van der Waals surface area contributed by atoms with Gasteiger partial charge in [-0.15, -0.1) is 0 Å². The minimum atomic E-state index is -0.471. The molecule has 0 saturated carbocycles. The Bertz CT molecular complexity index is 308. The summed E-state index contributed by atoms with van der Waals surface area (Å²) in [6.07, 6.45) is -0.471. The normalized spacial score (nSPS) is 13.2. The number of aliphatic hydroxyl groups is 1. The zero-order valence-electron chi connectivity index (χ0n) is 8.80. The fourth-order valence-electron chi connectivity index (χ4n) is 1.23. The Balaban J connectivity index is 2.68. The SMILES string of the molecule is CC(C)NCC(O)c1cc(Br)cc(Br)c1. The van der Waals surface area contributed by atoms with Crippen molar-refractivity contribution in [2.45, 2.75) is 26.0 Å². The van der Waals surface area contributed by atoms with E-state index in [1.54, 1.807) is 0 Å². The molecule has 4 heteroatoms. The van der Waals surface area contributed by atoms with Gasteiger partial charge in [-0.1, -0.05) is 45.7 Å². The fraction of sp³-hybridized carbons (Fsp3) is 0.455. The quantitative estimate of drug-likeness (QED) is 0.884. The smallest absolute Gasteiger partial charge is 0.0915 e. The summed E-state index contributed by atoms with van der Waals surface area (Å²) < 4.78 is 1.94. The number of nitrogens with one attached hydrogen (secondary N) is 1. The van der Waals surface area contributed by atoms with Crippen LogP contribution in [0.25, 0.3) is 0 Å². The first kappa shape index (κ1) is 13.2. The van der Waals surface area contributed by atoms with Gasteiger partial charge in [0.25, 0.3) is 0 Å². The Hall–Kier alpha value is 0.1000. The molecule has 0 aliphatic heterocycles. The van der Waals surface area contributed by atoms with Gasteiger partial charge in [0, 0.05) is 21.5 Å². The Morgan fingerprint density at radius 2 is 1.73 bits per heavy atom. The van der Waals surface area contributed by atoms with Crippen LogP contribution >= 0.6 is 31.9 Å². The highest BCUT2D eigenvalue weighted by atomic mass is 79.9. The molecule has 0 spiro atoms. The molecule has 0 radical (unpaired) electrons. The van der Waals surface area contributed by atoms with Crippen LogP contribution in [0.2, 0.25) is 0 Å². The second-order valence-electron chi connectivity index (χ2n) is 3.78. The van der Waals surface area contributed by atoms with E-state index in [1.165, 1.54) is 0 Å². The second-order valence-corrected chi connectivity index (χ2v) is 5.61. The molecule has 15 heavy (non-hydrogen) atoms. The van der Waals surface area contributed by atoms with Crippen molar-refractivity contribution in [1.29, 1.82) is 0 Å². The minimum absolute atomic E-state index is 0.384. The van der Waals surface area contributed by atoms with E-state index in [0.29, 0.717) is 12.6 Å². The number of aliphatic hydroxyl groups excluding tert-OH is 1. The van der Waals surface area contributed by atoms with E-state index in [1.807, 2.05) is 18.2 Å². The third-order valence-corrected chi connectivity index (χ3v) is 2.90. The predicted octanol–water partition coefficient (Wildman–Crippen LogP) is 3.24. The van der Waals surface area contributed by atoms with Crippen molar-refractivity contribution in [2.75, 3.05) is 6.54 Å². The Morgan fingerprint density at radius 3 is 2.20 bits per heavy atom. The molecular weight excluding hydrogens is 322 g/mol. The summed E-state index contributed by atoms with van der Waals surface area (Å²) in [6.45, 7) is 4.69. The third-order valence-electron chi connectivity index (χ3n) is 1.99. The van der Waals surface area contributed by atoms with Crippen molar-refractivity contribution in [3.8, 4) is 0 Å². The van der Waals surface area contributed by atoms with Crippen LogP contribution in [0.4, 0.5) is 0 Å². The molecule has 1 aromatic carbocycles. The highest BCUT2D eigenvalue weighted by molar-refractivity contribution is 9.11. The van der Waals surface area contributed by atoms with Crippen molar-refractivity contribution in [3.05, 3.63) is 32.7 Å². The topological polar surface area (TPSA) is 32.3 Å². The lowest BCUT2D eigenvalue weighted by atomic mass is 10.1. The number of hydrogen-bond donors (Lipinski definition) is 2. The van der Waals surface area contributed by atoms with Crippen LogP contribution in [0.5, 0.6) is 0 Å². The zero-order chi connectivity index (χ0) is 11.4. The van der Waals surface area contributed by atoms with Crippen LogP contribution in [-0.2, 0) is 0 Å². The average molecular weight is 337 g/mol. The molecule has 0 aliphatic carbocycles. The van der Waals surface area contributed by atoms with Crippen LogP contribution in [-0.4, -0.2) is 17.7 Å². The lowest BCUT2D eigenvalue weighted by molar-refractivity contribution is 0.171. The molecule has 84 valence electrons. The molecule has 0 bridgehead atoms. The fourth-order valence-corrected chi connectivity index (χ4v) is 2.56. The molecule has 1 unspecified atom stereocenters. The van der Waals surface area contributed by atoms with Gasteiger partial charge in [-0.25, -0.2) is 0 Å². The number of rotatable bonds is 4. The van der Waals surface area contributed by atoms with Gasteiger partial charge in [-0.2, -0.15) is 0 Å². The number of benzene rings is 1. The first-order chi connectivity index (χ1) is 6.99. The Labute approximate surface area is 107 Å². The van der Waals surface area contributed by atoms with Crippen molar-refractivity contribution in [3.63, 3.8) is 0 Å². The van der Waals surface area contributed by atoms with Gasteiger partial charge < -0.3 is 10.4 Å². The summed E-state index contributed by atoms with van der Waals surface area (Å²) in [5, 5.41) is 13.1. The number of hydrogen-bond acceptors (Lipinski definition) is 2. The summed E-state index contributed by atoms with van der Waals surface area (Å²) in [5.74, 6) is 0. The van der Waals surface area contributed by atoms with Crippen molar-refractivity contribution < 1.29 is 5.11 Å². The van der Waals surface area contributed by atoms with Gasteiger partial charge in [-0.3, -0.25) is 0 Å². The Morgan fingerprint density at radius 1 is 1.20 bits per heavy atom. The van der Waals surface area contributed by atoms with Gasteiger partial charge >= 0.3 is 0 Å². The van der Waals surface area contributed by atoms with E-state index in [0.717, 1.165) is 14.5 Å². The first-order valence-corrected chi connectivity index (χ1v) is 6.45. The summed E-state index contributed by atoms with van der Waals surface area (Å²) in [4.78, 5) is 0. The highest BCUT2D eigenvalue weighted by Gasteiger charge is 2.09. The first-order valence-electron chi connectivity index (χ1n) is 4.86. The predicted molar refractivity (Wildman–Crippen MR) is 69.9 cm³/mol.